The first-order chi connectivity index (χ1) is 11.1. The molecule has 0 amide bonds. The van der Waals surface area contributed by atoms with Gasteiger partial charge in [-0.2, -0.15) is 0 Å². The van der Waals surface area contributed by atoms with Crippen molar-refractivity contribution in [2.75, 3.05) is 6.61 Å². The zero-order valence-electron chi connectivity index (χ0n) is 11.8. The van der Waals surface area contributed by atoms with E-state index >= 15 is 0 Å². The van der Waals surface area contributed by atoms with Crippen LogP contribution in [-0.4, -0.2) is 16.6 Å². The number of nitrogens with zero attached hydrogens (tertiary/aromatic N) is 1. The molecule has 0 aliphatic carbocycles. The number of aromatic nitrogens is 2. The van der Waals surface area contributed by atoms with Crippen LogP contribution in [0, 0.1) is 12.3 Å². The van der Waals surface area contributed by atoms with E-state index in [-0.39, 0.29) is 12.2 Å². The Kier molecular flexibility index (Phi) is 4.37. The predicted octanol–water partition coefficient (Wildman–Crippen LogP) is 4.02. The summed E-state index contributed by atoms with van der Waals surface area (Å²) in [5, 5.41) is 0.913. The van der Waals surface area contributed by atoms with E-state index < -0.39 is 0 Å². The Labute approximate surface area is 145 Å². The van der Waals surface area contributed by atoms with Gasteiger partial charge in [0.25, 0.3) is 5.56 Å². The van der Waals surface area contributed by atoms with Crippen molar-refractivity contribution in [2.45, 2.75) is 0 Å². The summed E-state index contributed by atoms with van der Waals surface area (Å²) in [7, 11) is 0. The summed E-state index contributed by atoms with van der Waals surface area (Å²) < 4.78 is 6.02. The lowest BCUT2D eigenvalue weighted by Gasteiger charge is -2.10. The third kappa shape index (κ3) is 3.09. The highest BCUT2D eigenvalue weighted by Gasteiger charge is 2.12. The van der Waals surface area contributed by atoms with Crippen LogP contribution in [0.15, 0.2) is 45.7 Å². The van der Waals surface area contributed by atoms with Crippen molar-refractivity contribution >= 4 is 38.4 Å². The molecule has 0 unspecified atom stereocenters. The molecule has 0 saturated carbocycles. The lowest BCUT2D eigenvalue weighted by Crippen LogP contribution is -2.09. The minimum Gasteiger partial charge on any atom is -0.478 e. The monoisotopic (exact) mass is 388 g/mol. The van der Waals surface area contributed by atoms with E-state index in [1.165, 1.54) is 0 Å². The maximum atomic E-state index is 12.2. The zero-order valence-corrected chi connectivity index (χ0v) is 14.1. The predicted molar refractivity (Wildman–Crippen MR) is 94.8 cm³/mol. The van der Waals surface area contributed by atoms with Crippen molar-refractivity contribution in [3.05, 3.63) is 56.2 Å². The van der Waals surface area contributed by atoms with Crippen molar-refractivity contribution in [3.63, 3.8) is 0 Å². The molecule has 1 aromatic heterocycles. The lowest BCUT2D eigenvalue weighted by atomic mass is 10.2. The van der Waals surface area contributed by atoms with Crippen molar-refractivity contribution in [2.24, 2.45) is 0 Å². The van der Waals surface area contributed by atoms with Crippen LogP contribution < -0.4 is 10.3 Å². The van der Waals surface area contributed by atoms with Crippen molar-refractivity contribution < 1.29 is 4.74 Å². The molecule has 0 aliphatic rings. The fourth-order valence-corrected chi connectivity index (χ4v) is 3.13. The van der Waals surface area contributed by atoms with Gasteiger partial charge in [0, 0.05) is 5.56 Å². The third-order valence-electron chi connectivity index (χ3n) is 3.18. The maximum absolute atomic E-state index is 12.2. The van der Waals surface area contributed by atoms with Gasteiger partial charge in [0.2, 0.25) is 0 Å². The van der Waals surface area contributed by atoms with Crippen molar-refractivity contribution in [3.8, 4) is 29.5 Å². The van der Waals surface area contributed by atoms with E-state index in [0.29, 0.717) is 37.5 Å². The third-order valence-corrected chi connectivity index (χ3v) is 4.05. The highest BCUT2D eigenvalue weighted by Crippen LogP contribution is 2.36. The summed E-state index contributed by atoms with van der Waals surface area (Å²) >= 11 is 9.63. The Morgan fingerprint density at radius 2 is 2.13 bits per heavy atom. The lowest BCUT2D eigenvalue weighted by molar-refractivity contribution is 0.368. The van der Waals surface area contributed by atoms with E-state index in [2.05, 4.69) is 31.8 Å². The van der Waals surface area contributed by atoms with Gasteiger partial charge in [-0.15, -0.1) is 6.42 Å². The number of ether oxygens (including phenoxy) is 1. The topological polar surface area (TPSA) is 55.0 Å². The van der Waals surface area contributed by atoms with Gasteiger partial charge in [0.1, 0.15) is 12.4 Å². The Hall–Kier alpha value is -2.29. The molecule has 0 bridgehead atoms. The van der Waals surface area contributed by atoms with Gasteiger partial charge in [-0.05, 0) is 40.2 Å². The van der Waals surface area contributed by atoms with Gasteiger partial charge in [-0.25, -0.2) is 4.98 Å². The van der Waals surface area contributed by atoms with Crippen molar-refractivity contribution in [1.29, 1.82) is 0 Å². The Bertz CT molecular complexity index is 969. The quantitative estimate of drug-likeness (QED) is 0.688. The van der Waals surface area contributed by atoms with E-state index in [0.717, 1.165) is 0 Å². The summed E-state index contributed by atoms with van der Waals surface area (Å²) in [5.41, 5.74) is 1.08. The fraction of sp³-hybridized carbons (Fsp3) is 0.0588. The van der Waals surface area contributed by atoms with E-state index in [9.17, 15) is 4.79 Å². The smallest absolute Gasteiger partial charge is 0.259 e. The summed E-state index contributed by atoms with van der Waals surface area (Å²) in [4.78, 5) is 19.4. The summed E-state index contributed by atoms with van der Waals surface area (Å²) in [5.74, 6) is 3.27. The van der Waals surface area contributed by atoms with Gasteiger partial charge in [0.05, 0.1) is 20.4 Å². The Morgan fingerprint density at radius 3 is 2.87 bits per heavy atom. The minimum absolute atomic E-state index is 0.114. The molecule has 6 heteroatoms. The van der Waals surface area contributed by atoms with E-state index in [4.69, 9.17) is 22.8 Å². The average molecular weight is 390 g/mol. The minimum atomic E-state index is -0.203. The van der Waals surface area contributed by atoms with Crippen LogP contribution in [0.3, 0.4) is 0 Å². The zero-order chi connectivity index (χ0) is 16.4. The molecule has 2 aromatic carbocycles. The molecule has 0 aliphatic heterocycles. The van der Waals surface area contributed by atoms with Crippen LogP contribution in [0.4, 0.5) is 0 Å². The highest BCUT2D eigenvalue weighted by atomic mass is 79.9. The number of aromatic amines is 1. The number of hydrogen-bond donors (Lipinski definition) is 1. The van der Waals surface area contributed by atoms with Crippen LogP contribution in [0.5, 0.6) is 5.75 Å². The molecule has 0 radical (unpaired) electrons. The number of halogens is 2. The number of H-pyrrole nitrogens is 1. The second-order valence-corrected chi connectivity index (χ2v) is 5.96. The molecule has 0 atom stereocenters. The molecule has 1 N–H and O–H groups in total. The van der Waals surface area contributed by atoms with Crippen molar-refractivity contribution in [1.82, 2.24) is 9.97 Å². The van der Waals surface area contributed by atoms with E-state index in [1.54, 1.807) is 30.3 Å². The summed E-state index contributed by atoms with van der Waals surface area (Å²) in [6, 6.07) is 10.6. The highest BCUT2D eigenvalue weighted by molar-refractivity contribution is 9.10. The number of terminal acetylenes is 1. The standard InChI is InChI=1S/C17H10BrClN2O2/c1-2-7-23-15-12(18)8-10(9-13(15)19)16-20-14-6-4-3-5-11(14)17(22)21-16/h1,3-6,8-9H,7H2,(H,20,21,22). The molecule has 23 heavy (non-hydrogen) atoms. The molecule has 3 aromatic rings. The van der Waals surface area contributed by atoms with Gasteiger partial charge in [0.15, 0.2) is 5.75 Å². The van der Waals surface area contributed by atoms with Gasteiger partial charge in [-0.3, -0.25) is 4.79 Å². The second-order valence-electron chi connectivity index (χ2n) is 4.69. The number of nitrogens with one attached hydrogen (secondary N) is 1. The first-order valence-corrected chi connectivity index (χ1v) is 7.82. The van der Waals surface area contributed by atoms with Crippen LogP contribution >= 0.6 is 27.5 Å². The molecule has 0 fully saturated rings. The van der Waals surface area contributed by atoms with Crippen LogP contribution in [0.25, 0.3) is 22.3 Å². The van der Waals surface area contributed by atoms with Crippen LogP contribution in [0.2, 0.25) is 5.02 Å². The first-order valence-electron chi connectivity index (χ1n) is 6.65. The molecular weight excluding hydrogens is 380 g/mol. The number of fused-ring (bicyclic) bond motifs is 1. The number of para-hydroxylation sites is 1. The second kappa shape index (κ2) is 6.45. The molecule has 1 heterocycles. The van der Waals surface area contributed by atoms with Gasteiger partial charge < -0.3 is 9.72 Å². The fourth-order valence-electron chi connectivity index (χ4n) is 2.17. The largest absolute Gasteiger partial charge is 0.478 e. The number of benzene rings is 2. The number of rotatable bonds is 3. The SMILES string of the molecule is C#CCOc1c(Cl)cc(-c2nc3ccccc3c(=O)[nH]2)cc1Br. The Balaban J connectivity index is 2.12. The normalized spacial score (nSPS) is 10.5. The number of hydrogen-bond acceptors (Lipinski definition) is 3. The van der Waals surface area contributed by atoms with E-state index in [1.807, 2.05) is 6.07 Å². The van der Waals surface area contributed by atoms with Crippen LogP contribution in [0.1, 0.15) is 0 Å². The summed E-state index contributed by atoms with van der Waals surface area (Å²) in [6.07, 6.45) is 5.18. The van der Waals surface area contributed by atoms with Gasteiger partial charge in [-0.1, -0.05) is 29.7 Å². The van der Waals surface area contributed by atoms with Crippen LogP contribution in [-0.2, 0) is 0 Å². The summed E-state index contributed by atoms with van der Waals surface area (Å²) in [6.45, 7) is 0.114. The molecule has 114 valence electrons. The first kappa shape index (κ1) is 15.6. The average Bonchev–Trinajstić information content (AvgIpc) is 2.54. The molecule has 3 rings (SSSR count). The molecule has 4 nitrogen and oxygen atoms in total. The Morgan fingerprint density at radius 1 is 1.35 bits per heavy atom. The molecule has 0 saturated heterocycles. The molecule has 0 spiro atoms. The van der Waals surface area contributed by atoms with Gasteiger partial charge >= 0.3 is 0 Å². The molecular formula is C17H10BrClN2O2. The maximum Gasteiger partial charge on any atom is 0.259 e.